The van der Waals surface area contributed by atoms with E-state index in [1.54, 1.807) is 17.0 Å². The maximum atomic E-state index is 11.9. The Kier molecular flexibility index (Phi) is 6.42. The van der Waals surface area contributed by atoms with Crippen LogP contribution in [0.15, 0.2) is 24.3 Å². The van der Waals surface area contributed by atoms with E-state index in [9.17, 15) is 27.6 Å². The fraction of sp³-hybridized carbons (Fsp3) is 0.438. The summed E-state index contributed by atoms with van der Waals surface area (Å²) in [6.07, 6.45) is -4.81. The first-order chi connectivity index (χ1) is 12.2. The van der Waals surface area contributed by atoms with Gasteiger partial charge in [-0.3, -0.25) is 9.59 Å². The van der Waals surface area contributed by atoms with Crippen LogP contribution in [0.3, 0.4) is 0 Å². The van der Waals surface area contributed by atoms with Gasteiger partial charge in [0.1, 0.15) is 5.75 Å². The molecule has 2 rings (SSSR count). The zero-order chi connectivity index (χ0) is 19.2. The third-order valence-corrected chi connectivity index (χ3v) is 3.42. The van der Waals surface area contributed by atoms with Crippen molar-refractivity contribution in [1.29, 1.82) is 0 Å². The Morgan fingerprint density at radius 3 is 2.46 bits per heavy atom. The van der Waals surface area contributed by atoms with E-state index >= 15 is 0 Å². The maximum Gasteiger partial charge on any atom is 0.422 e. The van der Waals surface area contributed by atoms with E-state index in [1.165, 1.54) is 12.1 Å². The molecule has 0 unspecified atom stereocenters. The summed E-state index contributed by atoms with van der Waals surface area (Å²) in [7, 11) is 0. The second-order valence-electron chi connectivity index (χ2n) is 5.48. The standard InChI is InChI=1S/C16H17F3N2O5/c17-16(18,19)10-25-15(24)20-8-7-14(23)26-12-5-3-11(4-6-12)21-9-1-2-13(21)22/h3-6H,1-2,7-10H2,(H,20,24). The smallest absolute Gasteiger partial charge is 0.422 e. The second-order valence-corrected chi connectivity index (χ2v) is 5.48. The predicted octanol–water partition coefficient (Wildman–Crippen LogP) is 2.40. The third kappa shape index (κ3) is 6.26. The van der Waals surface area contributed by atoms with Gasteiger partial charge in [0, 0.05) is 25.2 Å². The number of alkyl halides is 3. The molecule has 0 spiro atoms. The highest BCUT2D eigenvalue weighted by Gasteiger charge is 2.29. The molecule has 0 saturated carbocycles. The molecular formula is C16H17F3N2O5. The number of benzene rings is 1. The van der Waals surface area contributed by atoms with Gasteiger partial charge in [0.2, 0.25) is 5.91 Å². The number of halogens is 3. The zero-order valence-electron chi connectivity index (χ0n) is 13.7. The minimum absolute atomic E-state index is 0.0400. The third-order valence-electron chi connectivity index (χ3n) is 3.42. The second kappa shape index (κ2) is 8.54. The van der Waals surface area contributed by atoms with Gasteiger partial charge >= 0.3 is 18.2 Å². The van der Waals surface area contributed by atoms with Crippen LogP contribution in [-0.4, -0.2) is 43.8 Å². The van der Waals surface area contributed by atoms with Crippen LogP contribution in [0.2, 0.25) is 0 Å². The molecule has 26 heavy (non-hydrogen) atoms. The number of carbonyl (C=O) groups excluding carboxylic acids is 3. The molecule has 10 heteroatoms. The Balaban J connectivity index is 1.71. The van der Waals surface area contributed by atoms with Crippen molar-refractivity contribution in [1.82, 2.24) is 5.32 Å². The summed E-state index contributed by atoms with van der Waals surface area (Å²) in [5, 5.41) is 2.02. The molecule has 1 aliphatic heterocycles. The van der Waals surface area contributed by atoms with E-state index in [0.29, 0.717) is 18.7 Å². The lowest BCUT2D eigenvalue weighted by Crippen LogP contribution is -2.31. The molecule has 2 amide bonds. The van der Waals surface area contributed by atoms with Crippen molar-refractivity contribution in [2.24, 2.45) is 0 Å². The van der Waals surface area contributed by atoms with E-state index in [2.05, 4.69) is 4.74 Å². The van der Waals surface area contributed by atoms with Crippen LogP contribution in [0.4, 0.5) is 23.7 Å². The van der Waals surface area contributed by atoms with E-state index in [1.807, 2.05) is 5.32 Å². The van der Waals surface area contributed by atoms with Crippen LogP contribution in [-0.2, 0) is 14.3 Å². The highest BCUT2D eigenvalue weighted by Crippen LogP contribution is 2.24. The van der Waals surface area contributed by atoms with Gasteiger partial charge in [0.15, 0.2) is 6.61 Å². The summed E-state index contributed by atoms with van der Waals surface area (Å²) in [4.78, 5) is 35.9. The first-order valence-corrected chi connectivity index (χ1v) is 7.83. The number of ether oxygens (including phenoxy) is 2. The number of anilines is 1. The highest BCUT2D eigenvalue weighted by atomic mass is 19.4. The number of nitrogens with zero attached hydrogens (tertiary/aromatic N) is 1. The number of hydrogen-bond acceptors (Lipinski definition) is 5. The Labute approximate surface area is 147 Å². The van der Waals surface area contributed by atoms with Crippen LogP contribution in [0, 0.1) is 0 Å². The molecule has 1 fully saturated rings. The summed E-state index contributed by atoms with van der Waals surface area (Å²) in [6.45, 7) is -1.28. The SMILES string of the molecule is O=C(CCNC(=O)OCC(F)(F)F)Oc1ccc(N2CCCC2=O)cc1. The Hall–Kier alpha value is -2.78. The molecule has 1 aromatic carbocycles. The lowest BCUT2D eigenvalue weighted by molar-refractivity contribution is -0.160. The fourth-order valence-electron chi connectivity index (χ4n) is 2.26. The summed E-state index contributed by atoms with van der Waals surface area (Å²) in [5.41, 5.74) is 0.710. The van der Waals surface area contributed by atoms with Gasteiger partial charge in [0.05, 0.1) is 6.42 Å². The fourth-order valence-corrected chi connectivity index (χ4v) is 2.26. The summed E-state index contributed by atoms with van der Waals surface area (Å²) >= 11 is 0. The van der Waals surface area contributed by atoms with E-state index in [0.717, 1.165) is 6.42 Å². The summed E-state index contributed by atoms with van der Waals surface area (Å²) in [5.74, 6) is -0.380. The molecule has 0 bridgehead atoms. The van der Waals surface area contributed by atoms with Gasteiger partial charge in [-0.25, -0.2) is 4.79 Å². The number of rotatable bonds is 6. The average Bonchev–Trinajstić information content (AvgIpc) is 2.99. The van der Waals surface area contributed by atoms with Gasteiger partial charge in [-0.2, -0.15) is 13.2 Å². The molecule has 1 aliphatic rings. The van der Waals surface area contributed by atoms with Gasteiger partial charge in [-0.15, -0.1) is 0 Å². The molecule has 0 radical (unpaired) electrons. The van der Waals surface area contributed by atoms with Crippen LogP contribution < -0.4 is 15.0 Å². The molecule has 1 saturated heterocycles. The van der Waals surface area contributed by atoms with Gasteiger partial charge in [0.25, 0.3) is 0 Å². The Morgan fingerprint density at radius 2 is 1.88 bits per heavy atom. The summed E-state index contributed by atoms with van der Waals surface area (Å²) in [6, 6.07) is 6.37. The quantitative estimate of drug-likeness (QED) is 0.611. The number of esters is 1. The first kappa shape index (κ1) is 19.5. The van der Waals surface area contributed by atoms with Crippen molar-refractivity contribution in [3.8, 4) is 5.75 Å². The topological polar surface area (TPSA) is 84.9 Å². The number of amides is 2. The molecule has 142 valence electrons. The molecule has 0 aliphatic carbocycles. The van der Waals surface area contributed by atoms with Crippen molar-refractivity contribution in [2.45, 2.75) is 25.4 Å². The number of alkyl carbamates (subject to hydrolysis) is 1. The van der Waals surface area contributed by atoms with Crippen LogP contribution >= 0.6 is 0 Å². The molecule has 7 nitrogen and oxygen atoms in total. The molecule has 1 heterocycles. The van der Waals surface area contributed by atoms with Gasteiger partial charge in [-0.05, 0) is 30.7 Å². The monoisotopic (exact) mass is 374 g/mol. The Morgan fingerprint density at radius 1 is 1.19 bits per heavy atom. The lowest BCUT2D eigenvalue weighted by atomic mass is 10.3. The number of hydrogen-bond donors (Lipinski definition) is 1. The predicted molar refractivity (Wildman–Crippen MR) is 83.7 cm³/mol. The van der Waals surface area contributed by atoms with Gasteiger partial charge < -0.3 is 19.7 Å². The normalized spacial score (nSPS) is 14.3. The lowest BCUT2D eigenvalue weighted by Gasteiger charge is -2.15. The number of carbonyl (C=O) groups is 3. The number of nitrogens with one attached hydrogen (secondary N) is 1. The average molecular weight is 374 g/mol. The van der Waals surface area contributed by atoms with E-state index in [4.69, 9.17) is 4.74 Å². The van der Waals surface area contributed by atoms with E-state index in [-0.39, 0.29) is 24.6 Å². The van der Waals surface area contributed by atoms with Crippen LogP contribution in [0.5, 0.6) is 5.75 Å². The first-order valence-electron chi connectivity index (χ1n) is 7.83. The van der Waals surface area contributed by atoms with Crippen molar-refractivity contribution < 1.29 is 37.0 Å². The molecule has 0 atom stereocenters. The highest BCUT2D eigenvalue weighted by molar-refractivity contribution is 5.95. The molecule has 0 aromatic heterocycles. The van der Waals surface area contributed by atoms with Crippen molar-refractivity contribution in [3.05, 3.63) is 24.3 Å². The largest absolute Gasteiger partial charge is 0.440 e. The van der Waals surface area contributed by atoms with Gasteiger partial charge in [-0.1, -0.05) is 0 Å². The van der Waals surface area contributed by atoms with Crippen LogP contribution in [0.1, 0.15) is 19.3 Å². The van der Waals surface area contributed by atoms with E-state index < -0.39 is 24.8 Å². The summed E-state index contributed by atoms with van der Waals surface area (Å²) < 4.78 is 44.5. The zero-order valence-corrected chi connectivity index (χ0v) is 13.7. The minimum atomic E-state index is -4.61. The maximum absolute atomic E-state index is 11.9. The van der Waals surface area contributed by atoms with Crippen molar-refractivity contribution >= 4 is 23.7 Å². The van der Waals surface area contributed by atoms with Crippen LogP contribution in [0.25, 0.3) is 0 Å². The molecule has 1 N–H and O–H groups in total. The Bertz CT molecular complexity index is 661. The molecular weight excluding hydrogens is 357 g/mol. The minimum Gasteiger partial charge on any atom is -0.440 e. The van der Waals surface area contributed by atoms with Crippen molar-refractivity contribution in [2.75, 3.05) is 24.6 Å². The molecule has 1 aromatic rings. The van der Waals surface area contributed by atoms with Crippen molar-refractivity contribution in [3.63, 3.8) is 0 Å².